The van der Waals surface area contributed by atoms with Crippen LogP contribution in [0.1, 0.15) is 25.8 Å². The zero-order valence-corrected chi connectivity index (χ0v) is 21.0. The summed E-state index contributed by atoms with van der Waals surface area (Å²) in [5, 5.41) is 2.65. The molecule has 1 N–H and O–H groups in total. The van der Waals surface area contributed by atoms with E-state index in [0.717, 1.165) is 9.47 Å². The van der Waals surface area contributed by atoms with Crippen LogP contribution in [0.15, 0.2) is 40.6 Å². The number of amides is 1. The molecule has 4 aromatic rings. The van der Waals surface area contributed by atoms with Crippen molar-refractivity contribution >= 4 is 28.8 Å². The van der Waals surface area contributed by atoms with Crippen LogP contribution in [0.3, 0.4) is 0 Å². The van der Waals surface area contributed by atoms with Crippen LogP contribution in [0.2, 0.25) is 0 Å². The third kappa shape index (κ3) is 4.61. The number of halogens is 3. The molecule has 0 aliphatic carbocycles. The van der Waals surface area contributed by atoms with Crippen LogP contribution in [-0.2, 0) is 18.9 Å². The standard InChI is InChI=1S/C23H23F3N10O3/c1-12(36-11-30-18-16(36)20(38)34(3)22(39)33(18)2)19(37)32-15-6-7-27-17(31-15)13-9-28-21(29-10-13)35-8-4-5-14(35)23(24,25)26/h6-7,9-12,14H,4-5,8H2,1-3H3,(H,27,31,32,37)/t12-,14+/m1/s1. The molecule has 1 fully saturated rings. The molecular formula is C23H23F3N10O3. The summed E-state index contributed by atoms with van der Waals surface area (Å²) < 4.78 is 43.4. The minimum atomic E-state index is -4.38. The van der Waals surface area contributed by atoms with Crippen LogP contribution < -0.4 is 21.5 Å². The van der Waals surface area contributed by atoms with Gasteiger partial charge in [0, 0.05) is 39.2 Å². The molecule has 5 rings (SSSR count). The molecule has 1 aliphatic heterocycles. The lowest BCUT2D eigenvalue weighted by molar-refractivity contribution is -0.146. The minimum Gasteiger partial charge on any atom is -0.329 e. The molecule has 13 nitrogen and oxygen atoms in total. The Balaban J connectivity index is 1.35. The quantitative estimate of drug-likeness (QED) is 0.394. The lowest BCUT2D eigenvalue weighted by Crippen LogP contribution is -2.42. The minimum absolute atomic E-state index is 0.0144. The van der Waals surface area contributed by atoms with Crippen molar-refractivity contribution in [1.82, 2.24) is 38.6 Å². The number of rotatable bonds is 5. The zero-order valence-electron chi connectivity index (χ0n) is 21.0. The van der Waals surface area contributed by atoms with E-state index in [9.17, 15) is 27.6 Å². The summed E-state index contributed by atoms with van der Waals surface area (Å²) in [7, 11) is 2.81. The summed E-state index contributed by atoms with van der Waals surface area (Å²) in [4.78, 5) is 59.8. The maximum absolute atomic E-state index is 13.3. The van der Waals surface area contributed by atoms with Crippen LogP contribution in [0, 0.1) is 0 Å². The topological polar surface area (TPSA) is 146 Å². The fourth-order valence-corrected chi connectivity index (χ4v) is 4.51. The molecule has 0 radical (unpaired) electrons. The first-order valence-corrected chi connectivity index (χ1v) is 11.9. The smallest absolute Gasteiger partial charge is 0.329 e. The molecule has 0 unspecified atom stereocenters. The van der Waals surface area contributed by atoms with Gasteiger partial charge in [0.1, 0.15) is 17.9 Å². The largest absolute Gasteiger partial charge is 0.408 e. The van der Waals surface area contributed by atoms with Gasteiger partial charge in [0.05, 0.1) is 11.9 Å². The SMILES string of the molecule is C[C@H](C(=O)Nc1ccnc(-c2cnc(N3CCC[C@H]3C(F)(F)F)nc2)n1)n1cnc2c1c(=O)n(C)c(=O)n2C. The first kappa shape index (κ1) is 26.0. The normalized spacial score (nSPS) is 16.6. The Morgan fingerprint density at radius 1 is 1.10 bits per heavy atom. The Morgan fingerprint density at radius 2 is 1.82 bits per heavy atom. The number of nitrogens with one attached hydrogen (secondary N) is 1. The van der Waals surface area contributed by atoms with E-state index in [-0.39, 0.29) is 41.7 Å². The molecule has 39 heavy (non-hydrogen) atoms. The number of fused-ring (bicyclic) bond motifs is 1. The van der Waals surface area contributed by atoms with Gasteiger partial charge in [-0.1, -0.05) is 0 Å². The molecule has 0 bridgehead atoms. The Kier molecular flexibility index (Phi) is 6.40. The highest BCUT2D eigenvalue weighted by Gasteiger charge is 2.46. The van der Waals surface area contributed by atoms with Crippen LogP contribution in [0.5, 0.6) is 0 Å². The van der Waals surface area contributed by atoms with E-state index in [4.69, 9.17) is 0 Å². The van der Waals surface area contributed by atoms with Gasteiger partial charge in [-0.15, -0.1) is 0 Å². The number of imidazole rings is 1. The predicted molar refractivity (Wildman–Crippen MR) is 133 cm³/mol. The van der Waals surface area contributed by atoms with Crippen LogP contribution >= 0.6 is 0 Å². The molecule has 5 heterocycles. The highest BCUT2D eigenvalue weighted by molar-refractivity contribution is 5.93. The number of alkyl halides is 3. The molecule has 0 saturated carbocycles. The predicted octanol–water partition coefficient (Wildman–Crippen LogP) is 1.41. The number of carbonyl (C=O) groups excluding carboxylic acids is 1. The van der Waals surface area contributed by atoms with Gasteiger partial charge in [0.15, 0.2) is 17.0 Å². The first-order valence-electron chi connectivity index (χ1n) is 11.9. The van der Waals surface area contributed by atoms with Gasteiger partial charge in [-0.2, -0.15) is 13.2 Å². The van der Waals surface area contributed by atoms with Crippen molar-refractivity contribution in [3.8, 4) is 11.4 Å². The van der Waals surface area contributed by atoms with Gasteiger partial charge in [0.25, 0.3) is 5.56 Å². The van der Waals surface area contributed by atoms with Crippen molar-refractivity contribution in [2.45, 2.75) is 38.0 Å². The van der Waals surface area contributed by atoms with Crippen molar-refractivity contribution in [3.63, 3.8) is 0 Å². The molecule has 16 heteroatoms. The van der Waals surface area contributed by atoms with Gasteiger partial charge >= 0.3 is 11.9 Å². The fourth-order valence-electron chi connectivity index (χ4n) is 4.51. The Hall–Kier alpha value is -4.63. The highest BCUT2D eigenvalue weighted by atomic mass is 19.4. The van der Waals surface area contributed by atoms with Crippen LogP contribution in [-0.4, -0.2) is 63.3 Å². The third-order valence-corrected chi connectivity index (χ3v) is 6.66. The maximum Gasteiger partial charge on any atom is 0.408 e. The lowest BCUT2D eigenvalue weighted by Gasteiger charge is -2.26. The Bertz CT molecular complexity index is 1680. The van der Waals surface area contributed by atoms with E-state index in [0.29, 0.717) is 12.0 Å². The van der Waals surface area contributed by atoms with Crippen molar-refractivity contribution in [2.75, 3.05) is 16.8 Å². The lowest BCUT2D eigenvalue weighted by atomic mass is 10.2. The number of aromatic nitrogens is 8. The number of aryl methyl sites for hydroxylation is 1. The van der Waals surface area contributed by atoms with E-state index < -0.39 is 35.4 Å². The number of anilines is 2. The summed E-state index contributed by atoms with van der Waals surface area (Å²) in [5.41, 5.74) is -0.551. The summed E-state index contributed by atoms with van der Waals surface area (Å²) in [6.45, 7) is 1.76. The number of nitrogens with zero attached hydrogens (tertiary/aromatic N) is 9. The number of carbonyl (C=O) groups is 1. The summed E-state index contributed by atoms with van der Waals surface area (Å²) in [6, 6.07) is -1.07. The van der Waals surface area contributed by atoms with E-state index in [2.05, 4.69) is 30.2 Å². The van der Waals surface area contributed by atoms with Crippen LogP contribution in [0.25, 0.3) is 22.6 Å². The van der Waals surface area contributed by atoms with Gasteiger partial charge in [0.2, 0.25) is 11.9 Å². The summed E-state index contributed by atoms with van der Waals surface area (Å²) >= 11 is 0. The molecular weight excluding hydrogens is 521 g/mol. The average molecular weight is 544 g/mol. The molecule has 0 spiro atoms. The van der Waals surface area contributed by atoms with Crippen molar-refractivity contribution < 1.29 is 18.0 Å². The van der Waals surface area contributed by atoms with Crippen LogP contribution in [0.4, 0.5) is 24.9 Å². The molecule has 0 aromatic carbocycles. The second-order valence-electron chi connectivity index (χ2n) is 9.13. The van der Waals surface area contributed by atoms with Crippen molar-refractivity contribution in [1.29, 1.82) is 0 Å². The van der Waals surface area contributed by atoms with E-state index in [1.165, 1.54) is 54.2 Å². The van der Waals surface area contributed by atoms with Crippen molar-refractivity contribution in [2.24, 2.45) is 14.1 Å². The van der Waals surface area contributed by atoms with Gasteiger partial charge in [-0.3, -0.25) is 18.7 Å². The van der Waals surface area contributed by atoms with Crippen molar-refractivity contribution in [3.05, 3.63) is 51.8 Å². The van der Waals surface area contributed by atoms with E-state index in [1.54, 1.807) is 6.92 Å². The van der Waals surface area contributed by atoms with Gasteiger partial charge in [-0.25, -0.2) is 29.7 Å². The molecule has 4 aromatic heterocycles. The molecule has 1 saturated heterocycles. The second-order valence-corrected chi connectivity index (χ2v) is 9.13. The maximum atomic E-state index is 13.3. The molecule has 204 valence electrons. The number of hydrogen-bond donors (Lipinski definition) is 1. The molecule has 1 amide bonds. The summed E-state index contributed by atoms with van der Waals surface area (Å²) in [5.74, 6) is -0.262. The summed E-state index contributed by atoms with van der Waals surface area (Å²) in [6.07, 6.45) is 1.36. The molecule has 1 aliphatic rings. The first-order chi connectivity index (χ1) is 18.5. The third-order valence-electron chi connectivity index (χ3n) is 6.66. The van der Waals surface area contributed by atoms with E-state index in [1.807, 2.05) is 0 Å². The monoisotopic (exact) mass is 544 g/mol. The zero-order chi connectivity index (χ0) is 28.1. The average Bonchev–Trinajstić information content (AvgIpc) is 3.59. The van der Waals surface area contributed by atoms with E-state index >= 15 is 0 Å². The Morgan fingerprint density at radius 3 is 2.51 bits per heavy atom. The van der Waals surface area contributed by atoms with Gasteiger partial charge < -0.3 is 14.8 Å². The van der Waals surface area contributed by atoms with Gasteiger partial charge in [-0.05, 0) is 25.8 Å². The number of hydrogen-bond acceptors (Lipinski definition) is 9. The Labute approximate surface area is 218 Å². The highest BCUT2D eigenvalue weighted by Crippen LogP contribution is 2.34. The second kappa shape index (κ2) is 9.59. The fraction of sp³-hybridized carbons (Fsp3) is 0.391. The molecule has 2 atom stereocenters.